The van der Waals surface area contributed by atoms with Crippen molar-refractivity contribution in [2.75, 3.05) is 13.2 Å². The molecule has 0 aromatic carbocycles. The number of nitrogens with zero attached hydrogens (tertiary/aromatic N) is 2. The summed E-state index contributed by atoms with van der Waals surface area (Å²) in [5.74, 6) is 1.63. The monoisotopic (exact) mass is 265 g/mol. The highest BCUT2D eigenvalue weighted by molar-refractivity contribution is 5.10. The highest BCUT2D eigenvalue weighted by atomic mass is 16.5. The van der Waals surface area contributed by atoms with Gasteiger partial charge >= 0.3 is 0 Å². The van der Waals surface area contributed by atoms with Crippen LogP contribution in [0.3, 0.4) is 0 Å². The number of rotatable bonds is 2. The second-order valence-electron chi connectivity index (χ2n) is 5.94. The number of nitrogens with two attached hydrogens (primary N) is 1. The summed E-state index contributed by atoms with van der Waals surface area (Å²) in [5.41, 5.74) is 5.85. The molecule has 0 amide bonds. The van der Waals surface area contributed by atoms with Gasteiger partial charge in [0.15, 0.2) is 5.82 Å². The Hall–Kier alpha value is -0.980. The topological polar surface area (TPSA) is 83.4 Å². The Morgan fingerprint density at radius 2 is 2.05 bits per heavy atom. The first-order chi connectivity index (χ1) is 9.24. The molecular formula is C13H19N3O3. The van der Waals surface area contributed by atoms with Crippen LogP contribution in [0.2, 0.25) is 0 Å². The first-order valence-corrected chi connectivity index (χ1v) is 7.11. The van der Waals surface area contributed by atoms with Crippen LogP contribution >= 0.6 is 0 Å². The largest absolute Gasteiger partial charge is 0.381 e. The smallest absolute Gasteiger partial charge is 0.246 e. The molecule has 4 heterocycles. The normalized spacial score (nSPS) is 36.8. The molecule has 3 aliphatic heterocycles. The van der Waals surface area contributed by atoms with Gasteiger partial charge < -0.3 is 19.7 Å². The van der Waals surface area contributed by atoms with Crippen molar-refractivity contribution in [1.29, 1.82) is 0 Å². The van der Waals surface area contributed by atoms with Gasteiger partial charge in [-0.25, -0.2) is 0 Å². The molecule has 104 valence electrons. The van der Waals surface area contributed by atoms with Crippen LogP contribution in [0.4, 0.5) is 0 Å². The molecule has 3 fully saturated rings. The Morgan fingerprint density at radius 1 is 1.21 bits per heavy atom. The molecule has 2 bridgehead atoms. The fourth-order valence-electron chi connectivity index (χ4n) is 3.45. The third-order valence-electron chi connectivity index (χ3n) is 4.69. The molecule has 3 aliphatic rings. The molecule has 2 N–H and O–H groups in total. The second kappa shape index (κ2) is 4.26. The molecule has 0 aliphatic carbocycles. The summed E-state index contributed by atoms with van der Waals surface area (Å²) in [4.78, 5) is 4.57. The van der Waals surface area contributed by atoms with Crippen LogP contribution in [-0.2, 0) is 15.0 Å². The quantitative estimate of drug-likeness (QED) is 0.861. The van der Waals surface area contributed by atoms with Gasteiger partial charge in [0, 0.05) is 13.2 Å². The van der Waals surface area contributed by atoms with Crippen molar-refractivity contribution in [2.24, 2.45) is 5.73 Å². The number of hydrogen-bond donors (Lipinski definition) is 1. The average molecular weight is 265 g/mol. The van der Waals surface area contributed by atoms with Crippen LogP contribution in [0.5, 0.6) is 0 Å². The molecule has 6 nitrogen and oxygen atoms in total. The minimum Gasteiger partial charge on any atom is -0.381 e. The van der Waals surface area contributed by atoms with Crippen LogP contribution in [0.1, 0.15) is 49.7 Å². The molecule has 0 spiro atoms. The summed E-state index contributed by atoms with van der Waals surface area (Å²) in [6.07, 6.45) is 5.45. The fourth-order valence-corrected chi connectivity index (χ4v) is 3.45. The third-order valence-corrected chi connectivity index (χ3v) is 4.69. The van der Waals surface area contributed by atoms with Gasteiger partial charge in [-0.2, -0.15) is 4.98 Å². The lowest BCUT2D eigenvalue weighted by Crippen LogP contribution is -2.42. The Bertz CT molecular complexity index is 469. The highest BCUT2D eigenvalue weighted by Gasteiger charge is 2.45. The maximum atomic E-state index is 6.36. The van der Waals surface area contributed by atoms with Crippen LogP contribution < -0.4 is 5.73 Å². The van der Waals surface area contributed by atoms with E-state index < -0.39 is 5.54 Å². The Morgan fingerprint density at radius 3 is 2.74 bits per heavy atom. The Kier molecular flexibility index (Phi) is 2.65. The minimum absolute atomic E-state index is 0.277. The molecule has 3 atom stereocenters. The first kappa shape index (κ1) is 11.8. The fraction of sp³-hybridized carbons (Fsp3) is 0.846. The predicted octanol–water partition coefficient (Wildman–Crippen LogP) is 1.07. The molecule has 6 heteroatoms. The molecule has 19 heavy (non-hydrogen) atoms. The van der Waals surface area contributed by atoms with Crippen molar-refractivity contribution in [3.63, 3.8) is 0 Å². The van der Waals surface area contributed by atoms with E-state index in [2.05, 4.69) is 10.1 Å². The number of ether oxygens (including phenoxy) is 2. The number of aromatic nitrogens is 2. The lowest BCUT2D eigenvalue weighted by molar-refractivity contribution is 0.0400. The van der Waals surface area contributed by atoms with Crippen LogP contribution in [0, 0.1) is 0 Å². The van der Waals surface area contributed by atoms with E-state index in [0.717, 1.165) is 31.5 Å². The zero-order valence-electron chi connectivity index (χ0n) is 10.9. The highest BCUT2D eigenvalue weighted by Crippen LogP contribution is 2.43. The lowest BCUT2D eigenvalue weighted by atomic mass is 9.88. The predicted molar refractivity (Wildman–Crippen MR) is 65.5 cm³/mol. The summed E-state index contributed by atoms with van der Waals surface area (Å²) in [6, 6.07) is 0. The molecule has 3 saturated heterocycles. The second-order valence-corrected chi connectivity index (χ2v) is 5.94. The van der Waals surface area contributed by atoms with Gasteiger partial charge in [0.1, 0.15) is 5.54 Å². The van der Waals surface area contributed by atoms with Gasteiger partial charge in [-0.3, -0.25) is 0 Å². The SMILES string of the molecule is NC1(c2nc(C3CC4CCC3O4)no2)CCOCC1. The number of fused-ring (bicyclic) bond motifs is 2. The lowest BCUT2D eigenvalue weighted by Gasteiger charge is -2.29. The van der Waals surface area contributed by atoms with E-state index in [9.17, 15) is 0 Å². The molecular weight excluding hydrogens is 246 g/mol. The summed E-state index contributed by atoms with van der Waals surface area (Å²) in [6.45, 7) is 1.32. The first-order valence-electron chi connectivity index (χ1n) is 7.11. The van der Waals surface area contributed by atoms with Crippen LogP contribution in [0.15, 0.2) is 4.52 Å². The van der Waals surface area contributed by atoms with E-state index in [-0.39, 0.29) is 6.10 Å². The van der Waals surface area contributed by atoms with Crippen LogP contribution in [-0.4, -0.2) is 35.6 Å². The Balaban J connectivity index is 1.56. The summed E-state index contributed by atoms with van der Waals surface area (Å²) in [7, 11) is 0. The van der Waals surface area contributed by atoms with Gasteiger partial charge in [0.2, 0.25) is 5.89 Å². The van der Waals surface area contributed by atoms with E-state index in [1.54, 1.807) is 0 Å². The molecule has 3 unspecified atom stereocenters. The summed E-state index contributed by atoms with van der Waals surface area (Å²) < 4.78 is 16.6. The maximum absolute atomic E-state index is 6.36. The van der Waals surface area contributed by atoms with Crippen molar-refractivity contribution < 1.29 is 14.0 Å². The van der Waals surface area contributed by atoms with Crippen molar-refractivity contribution in [1.82, 2.24) is 10.1 Å². The number of hydrogen-bond acceptors (Lipinski definition) is 6. The zero-order chi connectivity index (χ0) is 12.9. The summed E-state index contributed by atoms with van der Waals surface area (Å²) in [5, 5.41) is 4.15. The van der Waals surface area contributed by atoms with Crippen molar-refractivity contribution in [3.8, 4) is 0 Å². The van der Waals surface area contributed by atoms with Crippen molar-refractivity contribution in [3.05, 3.63) is 11.7 Å². The van der Waals surface area contributed by atoms with Gasteiger partial charge in [0.05, 0.1) is 18.1 Å². The van der Waals surface area contributed by atoms with Gasteiger partial charge in [-0.15, -0.1) is 0 Å². The minimum atomic E-state index is -0.512. The van der Waals surface area contributed by atoms with Gasteiger partial charge in [-0.05, 0) is 32.1 Å². The molecule has 0 saturated carbocycles. The molecule has 1 aromatic rings. The van der Waals surface area contributed by atoms with Crippen LogP contribution in [0.25, 0.3) is 0 Å². The molecule has 0 radical (unpaired) electrons. The third kappa shape index (κ3) is 1.89. The van der Waals surface area contributed by atoms with Gasteiger partial charge in [-0.1, -0.05) is 5.16 Å². The molecule has 4 rings (SSSR count). The standard InChI is InChI=1S/C13H19N3O3/c14-13(3-5-17-6-4-13)12-15-11(16-19-12)9-7-8-1-2-10(9)18-8/h8-10H,1-7,14H2. The Labute approximate surface area is 111 Å². The van der Waals surface area contributed by atoms with E-state index in [0.29, 0.717) is 31.1 Å². The maximum Gasteiger partial charge on any atom is 0.246 e. The van der Waals surface area contributed by atoms with E-state index in [4.69, 9.17) is 19.7 Å². The summed E-state index contributed by atoms with van der Waals surface area (Å²) >= 11 is 0. The van der Waals surface area contributed by atoms with E-state index in [1.165, 1.54) is 6.42 Å². The van der Waals surface area contributed by atoms with Crippen molar-refractivity contribution >= 4 is 0 Å². The average Bonchev–Trinajstić information content (AvgIpc) is 3.15. The van der Waals surface area contributed by atoms with Crippen molar-refractivity contribution in [2.45, 2.75) is 55.8 Å². The van der Waals surface area contributed by atoms with Gasteiger partial charge in [0.25, 0.3) is 0 Å². The zero-order valence-corrected chi connectivity index (χ0v) is 10.9. The van der Waals surface area contributed by atoms with E-state index >= 15 is 0 Å². The molecule has 1 aromatic heterocycles. The van der Waals surface area contributed by atoms with E-state index in [1.807, 2.05) is 0 Å².